The molecule has 82 valence electrons. The Hall–Kier alpha value is -1.37. The van der Waals surface area contributed by atoms with Crippen molar-refractivity contribution in [3.8, 4) is 5.75 Å². The maximum Gasteiger partial charge on any atom is 0.278 e. The van der Waals surface area contributed by atoms with Gasteiger partial charge in [0.2, 0.25) is 0 Å². The number of rotatable bonds is 3. The summed E-state index contributed by atoms with van der Waals surface area (Å²) in [5.41, 5.74) is 4.91. The normalized spacial score (nSPS) is 12.5. The first-order valence-electron chi connectivity index (χ1n) is 4.01. The molecule has 1 atom stereocenters. The van der Waals surface area contributed by atoms with Crippen LogP contribution in [0.15, 0.2) is 12.1 Å². The number of halogens is 1. The van der Waals surface area contributed by atoms with Crippen LogP contribution >= 0.6 is 11.6 Å². The highest BCUT2D eigenvalue weighted by Gasteiger charge is 2.24. The topological polar surface area (TPSA) is 110 Å². The second-order valence-corrected chi connectivity index (χ2v) is 3.28. The summed E-state index contributed by atoms with van der Waals surface area (Å²) in [6.07, 6.45) is 0. The number of aliphatic hydroxyl groups excluding tert-OH is 1. The molecule has 0 heterocycles. The third-order valence-corrected chi connectivity index (χ3v) is 2.21. The number of aliphatic hydroxyl groups is 1. The van der Waals surface area contributed by atoms with Gasteiger partial charge >= 0.3 is 0 Å². The number of phenols is 1. The molecule has 0 bridgehead atoms. The zero-order chi connectivity index (χ0) is 11.6. The molecular weight excluding hydrogens is 224 g/mol. The number of nitrogens with zero attached hydrogens (tertiary/aromatic N) is 1. The smallest absolute Gasteiger partial charge is 0.278 e. The first-order valence-corrected chi connectivity index (χ1v) is 4.39. The van der Waals surface area contributed by atoms with Crippen molar-refractivity contribution in [3.63, 3.8) is 0 Å². The summed E-state index contributed by atoms with van der Waals surface area (Å²) < 4.78 is 0. The van der Waals surface area contributed by atoms with Crippen molar-refractivity contribution in [2.24, 2.45) is 5.73 Å². The summed E-state index contributed by atoms with van der Waals surface area (Å²) >= 11 is 5.58. The molecule has 1 rings (SSSR count). The number of nitro groups is 1. The molecule has 0 radical (unpaired) electrons. The Morgan fingerprint density at radius 1 is 1.60 bits per heavy atom. The van der Waals surface area contributed by atoms with Crippen LogP contribution in [0.2, 0.25) is 5.02 Å². The summed E-state index contributed by atoms with van der Waals surface area (Å²) in [4.78, 5) is 9.93. The summed E-state index contributed by atoms with van der Waals surface area (Å²) in [7, 11) is 0. The van der Waals surface area contributed by atoms with E-state index in [1.54, 1.807) is 0 Å². The standard InChI is InChI=1S/C8H9ClN2O4/c9-4-1-2-6(11(14)15)7(8(4)13)5(10)3-12/h1-2,5,12-13H,3,10H2/t5-/m0/s1. The number of nitrogens with two attached hydrogens (primary N) is 1. The van der Waals surface area contributed by atoms with E-state index in [1.807, 2.05) is 0 Å². The third kappa shape index (κ3) is 2.17. The molecule has 1 aromatic carbocycles. The molecule has 4 N–H and O–H groups in total. The minimum Gasteiger partial charge on any atom is -0.506 e. The maximum absolute atomic E-state index is 10.6. The van der Waals surface area contributed by atoms with Crippen molar-refractivity contribution in [1.29, 1.82) is 0 Å². The van der Waals surface area contributed by atoms with Gasteiger partial charge in [0.25, 0.3) is 5.69 Å². The zero-order valence-electron chi connectivity index (χ0n) is 7.55. The molecule has 0 spiro atoms. The highest BCUT2D eigenvalue weighted by atomic mass is 35.5. The van der Waals surface area contributed by atoms with Crippen LogP contribution in [-0.2, 0) is 0 Å². The van der Waals surface area contributed by atoms with Crippen LogP contribution < -0.4 is 5.73 Å². The molecule has 0 aliphatic carbocycles. The number of benzene rings is 1. The first kappa shape index (κ1) is 11.7. The molecule has 0 unspecified atom stereocenters. The fraction of sp³-hybridized carbons (Fsp3) is 0.250. The van der Waals surface area contributed by atoms with Gasteiger partial charge in [-0.25, -0.2) is 0 Å². The van der Waals surface area contributed by atoms with Gasteiger partial charge in [-0.15, -0.1) is 0 Å². The summed E-state index contributed by atoms with van der Waals surface area (Å²) in [6.45, 7) is -0.519. The average molecular weight is 233 g/mol. The minimum absolute atomic E-state index is 0.0421. The Morgan fingerprint density at radius 3 is 2.67 bits per heavy atom. The fourth-order valence-electron chi connectivity index (χ4n) is 1.19. The molecule has 15 heavy (non-hydrogen) atoms. The van der Waals surface area contributed by atoms with Gasteiger partial charge in [-0.2, -0.15) is 0 Å². The molecule has 0 amide bonds. The first-order chi connectivity index (χ1) is 6.99. The van der Waals surface area contributed by atoms with Crippen molar-refractivity contribution in [2.75, 3.05) is 6.61 Å². The fourth-order valence-corrected chi connectivity index (χ4v) is 1.35. The van der Waals surface area contributed by atoms with Gasteiger partial charge in [0.1, 0.15) is 5.75 Å². The largest absolute Gasteiger partial charge is 0.506 e. The lowest BCUT2D eigenvalue weighted by Gasteiger charge is -2.11. The summed E-state index contributed by atoms with van der Waals surface area (Å²) in [5.74, 6) is -0.465. The van der Waals surface area contributed by atoms with E-state index >= 15 is 0 Å². The van der Waals surface area contributed by atoms with E-state index in [0.29, 0.717) is 0 Å². The lowest BCUT2D eigenvalue weighted by atomic mass is 10.0. The Morgan fingerprint density at radius 2 is 2.20 bits per heavy atom. The maximum atomic E-state index is 10.6. The third-order valence-electron chi connectivity index (χ3n) is 1.91. The van der Waals surface area contributed by atoms with Crippen LogP contribution in [0, 0.1) is 10.1 Å². The van der Waals surface area contributed by atoms with Crippen LogP contribution in [0.25, 0.3) is 0 Å². The van der Waals surface area contributed by atoms with Gasteiger partial charge in [0.05, 0.1) is 28.2 Å². The SMILES string of the molecule is N[C@@H](CO)c1c([N+](=O)[O-])ccc(Cl)c1O. The Balaban J connectivity index is 3.41. The summed E-state index contributed by atoms with van der Waals surface area (Å²) in [6, 6.07) is 1.29. The number of phenolic OH excluding ortho intramolecular Hbond substituents is 1. The van der Waals surface area contributed by atoms with Crippen LogP contribution in [0.3, 0.4) is 0 Å². The molecular formula is C8H9ClN2O4. The second kappa shape index (κ2) is 4.43. The Labute approximate surface area is 90.0 Å². The zero-order valence-corrected chi connectivity index (χ0v) is 8.31. The number of hydrogen-bond acceptors (Lipinski definition) is 5. The molecule has 0 aromatic heterocycles. The van der Waals surface area contributed by atoms with Crippen LogP contribution in [0.5, 0.6) is 5.75 Å². The molecule has 0 aliphatic heterocycles. The quantitative estimate of drug-likeness (QED) is 0.531. The number of nitro benzene ring substituents is 1. The van der Waals surface area contributed by atoms with Crippen LogP contribution in [-0.4, -0.2) is 21.7 Å². The van der Waals surface area contributed by atoms with E-state index in [1.165, 1.54) is 6.07 Å². The second-order valence-electron chi connectivity index (χ2n) is 2.87. The van der Waals surface area contributed by atoms with E-state index in [2.05, 4.69) is 0 Å². The molecule has 0 fully saturated rings. The van der Waals surface area contributed by atoms with Crippen LogP contribution in [0.1, 0.15) is 11.6 Å². The Kier molecular flexibility index (Phi) is 3.46. The lowest BCUT2D eigenvalue weighted by Crippen LogP contribution is -2.16. The van der Waals surface area contributed by atoms with Gasteiger partial charge < -0.3 is 15.9 Å². The van der Waals surface area contributed by atoms with Gasteiger partial charge in [-0.3, -0.25) is 10.1 Å². The van der Waals surface area contributed by atoms with Crippen molar-refractivity contribution >= 4 is 17.3 Å². The molecule has 1 aromatic rings. The van der Waals surface area contributed by atoms with Gasteiger partial charge in [-0.1, -0.05) is 11.6 Å². The highest BCUT2D eigenvalue weighted by molar-refractivity contribution is 6.32. The average Bonchev–Trinajstić information content (AvgIpc) is 2.20. The minimum atomic E-state index is -1.04. The predicted molar refractivity (Wildman–Crippen MR) is 53.8 cm³/mol. The van der Waals surface area contributed by atoms with Crippen molar-refractivity contribution in [1.82, 2.24) is 0 Å². The summed E-state index contributed by atoms with van der Waals surface area (Å²) in [5, 5.41) is 28.9. The van der Waals surface area contributed by atoms with E-state index < -0.39 is 23.3 Å². The Bertz CT molecular complexity index is 396. The van der Waals surface area contributed by atoms with Gasteiger partial charge in [0, 0.05) is 6.07 Å². The van der Waals surface area contributed by atoms with E-state index in [-0.39, 0.29) is 16.3 Å². The molecule has 0 saturated carbocycles. The highest BCUT2D eigenvalue weighted by Crippen LogP contribution is 2.37. The van der Waals surface area contributed by atoms with Crippen LogP contribution in [0.4, 0.5) is 5.69 Å². The molecule has 7 heteroatoms. The molecule has 6 nitrogen and oxygen atoms in total. The molecule has 0 saturated heterocycles. The monoisotopic (exact) mass is 232 g/mol. The molecule has 0 aliphatic rings. The number of hydrogen-bond donors (Lipinski definition) is 3. The van der Waals surface area contributed by atoms with Crippen molar-refractivity contribution in [2.45, 2.75) is 6.04 Å². The van der Waals surface area contributed by atoms with E-state index in [9.17, 15) is 15.2 Å². The van der Waals surface area contributed by atoms with E-state index in [4.69, 9.17) is 22.4 Å². The van der Waals surface area contributed by atoms with Gasteiger partial charge in [0.15, 0.2) is 0 Å². The van der Waals surface area contributed by atoms with E-state index in [0.717, 1.165) is 6.07 Å². The lowest BCUT2D eigenvalue weighted by molar-refractivity contribution is -0.385. The predicted octanol–water partition coefficient (Wildman–Crippen LogP) is 0.946. The van der Waals surface area contributed by atoms with Gasteiger partial charge in [-0.05, 0) is 6.07 Å². The van der Waals surface area contributed by atoms with Crippen molar-refractivity contribution < 1.29 is 15.1 Å². The van der Waals surface area contributed by atoms with Crippen molar-refractivity contribution in [3.05, 3.63) is 32.8 Å². The number of aromatic hydroxyl groups is 1.